The van der Waals surface area contributed by atoms with E-state index in [4.69, 9.17) is 12.2 Å². The molecule has 1 aliphatic heterocycles. The van der Waals surface area contributed by atoms with Crippen molar-refractivity contribution in [3.05, 3.63) is 0 Å². The van der Waals surface area contributed by atoms with E-state index in [0.29, 0.717) is 5.11 Å². The topological polar surface area (TPSA) is 53.2 Å². The van der Waals surface area contributed by atoms with Crippen LogP contribution in [0.1, 0.15) is 19.3 Å². The van der Waals surface area contributed by atoms with E-state index in [1.54, 1.807) is 7.05 Å². The standard InChI is InChI=1S/C8H15N3OS/c1-9-8(13)11-6-4-2-3-5-10-7(6)12/h6H,2-5H2,1H3,(H,10,12)(H2,9,11,13). The van der Waals surface area contributed by atoms with Crippen LogP contribution in [0.5, 0.6) is 0 Å². The number of carbonyl (C=O) groups is 1. The van der Waals surface area contributed by atoms with Gasteiger partial charge in [-0.3, -0.25) is 4.79 Å². The summed E-state index contributed by atoms with van der Waals surface area (Å²) in [6.45, 7) is 0.781. The van der Waals surface area contributed by atoms with Crippen molar-refractivity contribution in [3.8, 4) is 0 Å². The number of amides is 1. The van der Waals surface area contributed by atoms with Gasteiger partial charge in [-0.1, -0.05) is 0 Å². The van der Waals surface area contributed by atoms with E-state index in [2.05, 4.69) is 16.0 Å². The van der Waals surface area contributed by atoms with Gasteiger partial charge in [0.25, 0.3) is 0 Å². The molecule has 5 heteroatoms. The highest BCUT2D eigenvalue weighted by molar-refractivity contribution is 7.80. The molecule has 0 spiro atoms. The molecule has 4 nitrogen and oxygen atoms in total. The van der Waals surface area contributed by atoms with Crippen molar-refractivity contribution in [1.29, 1.82) is 0 Å². The molecule has 1 aliphatic rings. The maximum atomic E-state index is 11.4. The molecule has 1 unspecified atom stereocenters. The van der Waals surface area contributed by atoms with Gasteiger partial charge >= 0.3 is 0 Å². The van der Waals surface area contributed by atoms with Crippen LogP contribution in [0.2, 0.25) is 0 Å². The summed E-state index contributed by atoms with van der Waals surface area (Å²) < 4.78 is 0. The minimum Gasteiger partial charge on any atom is -0.366 e. The van der Waals surface area contributed by atoms with Crippen LogP contribution < -0.4 is 16.0 Å². The van der Waals surface area contributed by atoms with Crippen molar-refractivity contribution in [3.63, 3.8) is 0 Å². The van der Waals surface area contributed by atoms with Gasteiger partial charge in [0, 0.05) is 13.6 Å². The Morgan fingerprint density at radius 1 is 1.62 bits per heavy atom. The Bertz CT molecular complexity index is 208. The van der Waals surface area contributed by atoms with Gasteiger partial charge in [-0.15, -0.1) is 0 Å². The molecule has 1 rings (SSSR count). The van der Waals surface area contributed by atoms with Crippen LogP contribution in [0, 0.1) is 0 Å². The summed E-state index contributed by atoms with van der Waals surface area (Å²) in [6, 6.07) is -0.164. The maximum absolute atomic E-state index is 11.4. The molecule has 1 heterocycles. The second-order valence-electron chi connectivity index (χ2n) is 3.06. The van der Waals surface area contributed by atoms with E-state index in [1.807, 2.05) is 0 Å². The zero-order valence-electron chi connectivity index (χ0n) is 7.72. The summed E-state index contributed by atoms with van der Waals surface area (Å²) >= 11 is 4.93. The summed E-state index contributed by atoms with van der Waals surface area (Å²) in [6.07, 6.45) is 2.96. The first-order valence-electron chi connectivity index (χ1n) is 4.50. The van der Waals surface area contributed by atoms with Crippen molar-refractivity contribution in [1.82, 2.24) is 16.0 Å². The first kappa shape index (κ1) is 10.2. The van der Waals surface area contributed by atoms with Gasteiger partial charge in [0.2, 0.25) is 5.91 Å². The molecule has 0 saturated carbocycles. The van der Waals surface area contributed by atoms with E-state index in [9.17, 15) is 4.79 Å². The average molecular weight is 201 g/mol. The highest BCUT2D eigenvalue weighted by atomic mass is 32.1. The number of carbonyl (C=O) groups excluding carboxylic acids is 1. The number of hydrogen-bond acceptors (Lipinski definition) is 2. The number of thiocarbonyl (C=S) groups is 1. The number of rotatable bonds is 1. The first-order valence-corrected chi connectivity index (χ1v) is 4.91. The smallest absolute Gasteiger partial charge is 0.242 e. The second-order valence-corrected chi connectivity index (χ2v) is 3.47. The molecule has 1 saturated heterocycles. The van der Waals surface area contributed by atoms with Gasteiger partial charge in [0.1, 0.15) is 6.04 Å². The molecule has 1 atom stereocenters. The first-order chi connectivity index (χ1) is 6.24. The molecule has 0 aromatic heterocycles. The molecule has 1 fully saturated rings. The van der Waals surface area contributed by atoms with Gasteiger partial charge in [-0.2, -0.15) is 0 Å². The highest BCUT2D eigenvalue weighted by Crippen LogP contribution is 2.04. The maximum Gasteiger partial charge on any atom is 0.242 e. The predicted molar refractivity (Wildman–Crippen MR) is 55.4 cm³/mol. The van der Waals surface area contributed by atoms with Crippen molar-refractivity contribution in [2.75, 3.05) is 13.6 Å². The average Bonchev–Trinajstić information content (AvgIpc) is 2.32. The van der Waals surface area contributed by atoms with Crippen LogP contribution in [0.3, 0.4) is 0 Å². The fourth-order valence-electron chi connectivity index (χ4n) is 1.31. The van der Waals surface area contributed by atoms with E-state index < -0.39 is 0 Å². The molecule has 3 N–H and O–H groups in total. The van der Waals surface area contributed by atoms with Gasteiger partial charge in [0.15, 0.2) is 5.11 Å². The second kappa shape index (κ2) is 5.01. The molecule has 0 bridgehead atoms. The molecule has 13 heavy (non-hydrogen) atoms. The fraction of sp³-hybridized carbons (Fsp3) is 0.750. The molecular weight excluding hydrogens is 186 g/mol. The molecule has 74 valence electrons. The SMILES string of the molecule is CNC(=S)NC1CCCCNC1=O. The summed E-state index contributed by atoms with van der Waals surface area (Å²) in [7, 11) is 1.74. The van der Waals surface area contributed by atoms with Crippen molar-refractivity contribution >= 4 is 23.2 Å². The summed E-state index contributed by atoms with van der Waals surface area (Å²) in [5.74, 6) is 0.0510. The molecular formula is C8H15N3OS. The van der Waals surface area contributed by atoms with Crippen LogP contribution in [0.4, 0.5) is 0 Å². The Morgan fingerprint density at radius 3 is 3.08 bits per heavy atom. The summed E-state index contributed by atoms with van der Waals surface area (Å²) in [4.78, 5) is 11.4. The van der Waals surface area contributed by atoms with Gasteiger partial charge in [-0.05, 0) is 31.5 Å². The third-order valence-corrected chi connectivity index (χ3v) is 2.39. The fourth-order valence-corrected chi connectivity index (χ4v) is 1.45. The van der Waals surface area contributed by atoms with E-state index in [0.717, 1.165) is 25.8 Å². The predicted octanol–water partition coefficient (Wildman–Crippen LogP) is -0.251. The van der Waals surface area contributed by atoms with Crippen molar-refractivity contribution < 1.29 is 4.79 Å². The van der Waals surface area contributed by atoms with E-state index in [1.165, 1.54) is 0 Å². The molecule has 1 amide bonds. The third kappa shape index (κ3) is 3.18. The lowest BCUT2D eigenvalue weighted by Gasteiger charge is -2.16. The summed E-state index contributed by atoms with van der Waals surface area (Å²) in [5, 5.41) is 9.13. The zero-order chi connectivity index (χ0) is 9.68. The van der Waals surface area contributed by atoms with Gasteiger partial charge in [-0.25, -0.2) is 0 Å². The normalized spacial score (nSPS) is 22.8. The van der Waals surface area contributed by atoms with E-state index in [-0.39, 0.29) is 11.9 Å². The van der Waals surface area contributed by atoms with Crippen LogP contribution in [-0.2, 0) is 4.79 Å². The van der Waals surface area contributed by atoms with Crippen LogP contribution in [0.15, 0.2) is 0 Å². The molecule has 0 radical (unpaired) electrons. The third-order valence-electron chi connectivity index (χ3n) is 2.07. The zero-order valence-corrected chi connectivity index (χ0v) is 8.54. The molecule has 0 aliphatic carbocycles. The minimum absolute atomic E-state index is 0.0510. The molecule has 0 aromatic carbocycles. The number of hydrogen-bond donors (Lipinski definition) is 3. The highest BCUT2D eigenvalue weighted by Gasteiger charge is 2.20. The molecule has 0 aromatic rings. The monoisotopic (exact) mass is 201 g/mol. The lowest BCUT2D eigenvalue weighted by Crippen LogP contribution is -2.48. The Labute approximate surface area is 83.5 Å². The van der Waals surface area contributed by atoms with E-state index >= 15 is 0 Å². The van der Waals surface area contributed by atoms with Gasteiger partial charge < -0.3 is 16.0 Å². The minimum atomic E-state index is -0.164. The summed E-state index contributed by atoms with van der Waals surface area (Å²) in [5.41, 5.74) is 0. The lowest BCUT2D eigenvalue weighted by atomic mass is 10.1. The van der Waals surface area contributed by atoms with Crippen LogP contribution in [-0.4, -0.2) is 30.7 Å². The Kier molecular flexibility index (Phi) is 3.95. The van der Waals surface area contributed by atoms with Crippen LogP contribution >= 0.6 is 12.2 Å². The lowest BCUT2D eigenvalue weighted by molar-refractivity contribution is -0.122. The van der Waals surface area contributed by atoms with Crippen LogP contribution in [0.25, 0.3) is 0 Å². The Morgan fingerprint density at radius 2 is 2.38 bits per heavy atom. The Balaban J connectivity index is 2.45. The van der Waals surface area contributed by atoms with Crippen molar-refractivity contribution in [2.45, 2.75) is 25.3 Å². The van der Waals surface area contributed by atoms with Crippen molar-refractivity contribution in [2.24, 2.45) is 0 Å². The largest absolute Gasteiger partial charge is 0.366 e. The Hall–Kier alpha value is -0.840. The van der Waals surface area contributed by atoms with Gasteiger partial charge in [0.05, 0.1) is 0 Å². The quantitative estimate of drug-likeness (QED) is 0.512. The number of nitrogens with one attached hydrogen (secondary N) is 3.